The van der Waals surface area contributed by atoms with Gasteiger partial charge in [0.25, 0.3) is 5.56 Å². The Balaban J connectivity index is 1.32. The van der Waals surface area contributed by atoms with Gasteiger partial charge in [-0.15, -0.1) is 0 Å². The highest BCUT2D eigenvalue weighted by atomic mass is 32.1. The average Bonchev–Trinajstić information content (AvgIpc) is 3.37. The van der Waals surface area contributed by atoms with E-state index in [0.717, 1.165) is 10.9 Å². The van der Waals surface area contributed by atoms with Gasteiger partial charge in [0.05, 0.1) is 12.1 Å². The third-order valence-corrected chi connectivity index (χ3v) is 6.50. The summed E-state index contributed by atoms with van der Waals surface area (Å²) in [7, 11) is 0. The van der Waals surface area contributed by atoms with Gasteiger partial charge in [-0.3, -0.25) is 4.79 Å². The Morgan fingerprint density at radius 3 is 2.43 bits per heavy atom. The van der Waals surface area contributed by atoms with Crippen molar-refractivity contribution in [2.45, 2.75) is 13.1 Å². The first-order chi connectivity index (χ1) is 18.0. The SMILES string of the molecule is O=c1[nH]c2cc3c(cc2cc1CN(Cc1ccc2c(c1)OCO2)C(=S)Nc1ccc(F)cc1)OCCO3. The fraction of sp³-hybridized carbons (Fsp3) is 0.185. The zero-order chi connectivity index (χ0) is 25.4. The van der Waals surface area contributed by atoms with E-state index < -0.39 is 0 Å². The monoisotopic (exact) mass is 519 g/mol. The van der Waals surface area contributed by atoms with E-state index >= 15 is 0 Å². The highest BCUT2D eigenvalue weighted by molar-refractivity contribution is 7.80. The zero-order valence-corrected chi connectivity index (χ0v) is 20.4. The number of pyridine rings is 1. The molecule has 0 radical (unpaired) electrons. The number of benzene rings is 3. The molecule has 3 heterocycles. The summed E-state index contributed by atoms with van der Waals surface area (Å²) in [5.74, 6) is 2.25. The van der Waals surface area contributed by atoms with Gasteiger partial charge >= 0.3 is 0 Å². The molecule has 4 aromatic rings. The molecule has 1 aromatic heterocycles. The minimum atomic E-state index is -0.340. The Bertz CT molecular complexity index is 1560. The number of halogens is 1. The number of aromatic amines is 1. The minimum Gasteiger partial charge on any atom is -0.486 e. The van der Waals surface area contributed by atoms with Gasteiger partial charge in [0.15, 0.2) is 28.1 Å². The number of fused-ring (bicyclic) bond motifs is 3. The lowest BCUT2D eigenvalue weighted by atomic mass is 10.1. The summed E-state index contributed by atoms with van der Waals surface area (Å²) in [6, 6.07) is 17.1. The molecule has 2 aliphatic rings. The fourth-order valence-electron chi connectivity index (χ4n) is 4.31. The third kappa shape index (κ3) is 4.88. The van der Waals surface area contributed by atoms with E-state index in [1.54, 1.807) is 18.2 Å². The van der Waals surface area contributed by atoms with E-state index in [2.05, 4.69) is 10.3 Å². The molecule has 0 saturated carbocycles. The predicted octanol–water partition coefficient (Wildman–Crippen LogP) is 4.57. The van der Waals surface area contributed by atoms with Gasteiger partial charge in [0.1, 0.15) is 19.0 Å². The Labute approximate surface area is 216 Å². The summed E-state index contributed by atoms with van der Waals surface area (Å²) in [6.07, 6.45) is 0. The second-order valence-electron chi connectivity index (χ2n) is 8.69. The van der Waals surface area contributed by atoms with Crippen LogP contribution in [0, 0.1) is 5.82 Å². The Morgan fingerprint density at radius 1 is 0.892 bits per heavy atom. The second-order valence-corrected chi connectivity index (χ2v) is 9.07. The van der Waals surface area contributed by atoms with Crippen molar-refractivity contribution in [1.29, 1.82) is 0 Å². The topological polar surface area (TPSA) is 85.1 Å². The lowest BCUT2D eigenvalue weighted by molar-refractivity contribution is 0.172. The summed E-state index contributed by atoms with van der Waals surface area (Å²) in [4.78, 5) is 17.9. The van der Waals surface area contributed by atoms with Crippen LogP contribution in [-0.4, -0.2) is 35.0 Å². The van der Waals surface area contributed by atoms with Crippen LogP contribution in [0.2, 0.25) is 0 Å². The molecular weight excluding hydrogens is 497 g/mol. The van der Waals surface area contributed by atoms with Crippen LogP contribution in [0.4, 0.5) is 10.1 Å². The third-order valence-electron chi connectivity index (χ3n) is 6.14. The highest BCUT2D eigenvalue weighted by Crippen LogP contribution is 2.34. The maximum atomic E-state index is 13.4. The molecule has 0 bridgehead atoms. The number of hydrogen-bond donors (Lipinski definition) is 2. The number of aromatic nitrogens is 1. The van der Waals surface area contributed by atoms with Crippen LogP contribution in [0.5, 0.6) is 23.0 Å². The molecule has 2 N–H and O–H groups in total. The van der Waals surface area contributed by atoms with Gasteiger partial charge in [-0.1, -0.05) is 6.07 Å². The Morgan fingerprint density at radius 2 is 1.62 bits per heavy atom. The molecule has 0 fully saturated rings. The number of thiocarbonyl (C=S) groups is 1. The normalized spacial score (nSPS) is 13.4. The van der Waals surface area contributed by atoms with Crippen LogP contribution in [-0.2, 0) is 13.1 Å². The minimum absolute atomic E-state index is 0.179. The zero-order valence-electron chi connectivity index (χ0n) is 19.6. The van der Waals surface area contributed by atoms with Crippen molar-refractivity contribution in [1.82, 2.24) is 9.88 Å². The van der Waals surface area contributed by atoms with E-state index in [4.69, 9.17) is 31.2 Å². The van der Waals surface area contributed by atoms with E-state index in [1.807, 2.05) is 35.2 Å². The highest BCUT2D eigenvalue weighted by Gasteiger charge is 2.19. The molecule has 0 spiro atoms. The van der Waals surface area contributed by atoms with Gasteiger partial charge in [-0.2, -0.15) is 0 Å². The number of H-pyrrole nitrogens is 1. The molecule has 6 rings (SSSR count). The lowest BCUT2D eigenvalue weighted by Crippen LogP contribution is -2.35. The molecule has 3 aromatic carbocycles. The van der Waals surface area contributed by atoms with Crippen LogP contribution >= 0.6 is 12.2 Å². The lowest BCUT2D eigenvalue weighted by Gasteiger charge is -2.26. The fourth-order valence-corrected chi connectivity index (χ4v) is 4.55. The van der Waals surface area contributed by atoms with Crippen LogP contribution < -0.4 is 29.8 Å². The van der Waals surface area contributed by atoms with E-state index in [-0.39, 0.29) is 24.7 Å². The van der Waals surface area contributed by atoms with Crippen molar-refractivity contribution >= 4 is 33.9 Å². The Kier molecular flexibility index (Phi) is 6.01. The average molecular weight is 520 g/mol. The predicted molar refractivity (Wildman–Crippen MR) is 140 cm³/mol. The molecule has 0 atom stereocenters. The maximum absolute atomic E-state index is 13.4. The first kappa shape index (κ1) is 23.1. The maximum Gasteiger partial charge on any atom is 0.253 e. The number of anilines is 1. The summed E-state index contributed by atoms with van der Waals surface area (Å²) >= 11 is 5.72. The summed E-state index contributed by atoms with van der Waals surface area (Å²) < 4.78 is 35.7. The van der Waals surface area contributed by atoms with Crippen LogP contribution in [0.15, 0.2) is 65.5 Å². The first-order valence-corrected chi connectivity index (χ1v) is 12.1. The molecule has 188 valence electrons. The smallest absolute Gasteiger partial charge is 0.253 e. The molecule has 2 aliphatic heterocycles. The van der Waals surface area contributed by atoms with Crippen molar-refractivity contribution in [3.63, 3.8) is 0 Å². The summed E-state index contributed by atoms with van der Waals surface area (Å²) in [5, 5.41) is 4.34. The van der Waals surface area contributed by atoms with E-state index in [9.17, 15) is 9.18 Å². The van der Waals surface area contributed by atoms with Gasteiger partial charge in [0, 0.05) is 29.2 Å². The van der Waals surface area contributed by atoms with Gasteiger partial charge in [-0.05, 0) is 66.3 Å². The number of hydrogen-bond acceptors (Lipinski definition) is 6. The first-order valence-electron chi connectivity index (χ1n) is 11.7. The van der Waals surface area contributed by atoms with Crippen LogP contribution in [0.1, 0.15) is 11.1 Å². The van der Waals surface area contributed by atoms with Gasteiger partial charge in [0.2, 0.25) is 6.79 Å². The van der Waals surface area contributed by atoms with Gasteiger partial charge < -0.3 is 34.1 Å². The number of rotatable bonds is 5. The summed E-state index contributed by atoms with van der Waals surface area (Å²) in [6.45, 7) is 1.73. The van der Waals surface area contributed by atoms with Crippen molar-refractivity contribution in [3.8, 4) is 23.0 Å². The van der Waals surface area contributed by atoms with Crippen molar-refractivity contribution in [2.75, 3.05) is 25.3 Å². The van der Waals surface area contributed by atoms with E-state index in [0.29, 0.717) is 64.6 Å². The Hall–Kier alpha value is -4.31. The molecule has 8 nitrogen and oxygen atoms in total. The quantitative estimate of drug-likeness (QED) is 0.371. The largest absolute Gasteiger partial charge is 0.486 e. The van der Waals surface area contributed by atoms with Crippen molar-refractivity contribution < 1.29 is 23.3 Å². The molecule has 0 unspecified atom stereocenters. The molecule has 0 amide bonds. The number of nitrogens with one attached hydrogen (secondary N) is 2. The molecular formula is C27H22FN3O5S. The van der Waals surface area contributed by atoms with Gasteiger partial charge in [-0.25, -0.2) is 4.39 Å². The molecule has 37 heavy (non-hydrogen) atoms. The number of nitrogens with zero attached hydrogens (tertiary/aromatic N) is 1. The summed E-state index contributed by atoms with van der Waals surface area (Å²) in [5.41, 5.74) is 2.51. The van der Waals surface area contributed by atoms with Crippen LogP contribution in [0.3, 0.4) is 0 Å². The molecule has 0 saturated heterocycles. The second kappa shape index (κ2) is 9.62. The molecule has 10 heteroatoms. The van der Waals surface area contributed by atoms with Crippen molar-refractivity contribution in [2.24, 2.45) is 0 Å². The van der Waals surface area contributed by atoms with Crippen molar-refractivity contribution in [3.05, 3.63) is 88.0 Å². The standard InChI is InChI=1S/C27H22FN3O5S/c28-19-2-4-20(5-3-19)29-27(37)31(13-16-1-6-22-23(9-16)36-15-35-22)14-18-10-17-11-24-25(34-8-7-33-24)12-21(17)30-26(18)32/h1-6,9-12H,7-8,13-15H2,(H,29,37)(H,30,32). The number of ether oxygens (including phenoxy) is 4. The van der Waals surface area contributed by atoms with Crippen LogP contribution in [0.25, 0.3) is 10.9 Å². The molecule has 0 aliphatic carbocycles. The van der Waals surface area contributed by atoms with E-state index in [1.165, 1.54) is 12.1 Å².